The molecule has 2 N–H and O–H groups in total. The quantitative estimate of drug-likeness (QED) is 0.921. The lowest BCUT2D eigenvalue weighted by atomic mass is 9.84. The summed E-state index contributed by atoms with van der Waals surface area (Å²) in [4.78, 5) is 4.42. The standard InChI is InChI=1S/C13H19BrN2S/c1-2-9-3-5-11(15)12(7-9)17-13-6-4-10(14)8-16-13/h4,6,8-9,11-12H,2-3,5,7,15H2,1H3. The van der Waals surface area contributed by atoms with Crippen LogP contribution in [0.25, 0.3) is 0 Å². The zero-order valence-electron chi connectivity index (χ0n) is 10.1. The van der Waals surface area contributed by atoms with Crippen LogP contribution < -0.4 is 5.73 Å². The maximum Gasteiger partial charge on any atom is 0.0963 e. The third kappa shape index (κ3) is 3.70. The molecule has 1 fully saturated rings. The molecule has 1 aromatic rings. The molecule has 1 aromatic heterocycles. The highest BCUT2D eigenvalue weighted by Gasteiger charge is 2.28. The first-order valence-electron chi connectivity index (χ1n) is 6.22. The normalized spacial score (nSPS) is 29.2. The molecule has 1 aliphatic carbocycles. The van der Waals surface area contributed by atoms with E-state index in [1.54, 1.807) is 0 Å². The number of nitrogens with two attached hydrogens (primary N) is 1. The first-order valence-corrected chi connectivity index (χ1v) is 7.90. The highest BCUT2D eigenvalue weighted by Crippen LogP contribution is 2.36. The van der Waals surface area contributed by atoms with Crippen molar-refractivity contribution >= 4 is 27.7 Å². The molecule has 1 heterocycles. The van der Waals surface area contributed by atoms with Crippen molar-refractivity contribution in [1.82, 2.24) is 4.98 Å². The molecule has 0 aromatic carbocycles. The van der Waals surface area contributed by atoms with Crippen molar-refractivity contribution in [2.24, 2.45) is 11.7 Å². The fourth-order valence-electron chi connectivity index (χ4n) is 2.33. The molecule has 1 saturated carbocycles. The molecule has 1 aliphatic rings. The first kappa shape index (κ1) is 13.4. The van der Waals surface area contributed by atoms with E-state index in [4.69, 9.17) is 5.73 Å². The Bertz CT molecular complexity index is 355. The van der Waals surface area contributed by atoms with Gasteiger partial charge in [0.25, 0.3) is 0 Å². The Morgan fingerprint density at radius 1 is 1.47 bits per heavy atom. The van der Waals surface area contributed by atoms with Crippen LogP contribution in [-0.2, 0) is 0 Å². The largest absolute Gasteiger partial charge is 0.327 e. The van der Waals surface area contributed by atoms with E-state index in [1.807, 2.05) is 24.0 Å². The molecule has 94 valence electrons. The molecule has 3 atom stereocenters. The average molecular weight is 315 g/mol. The second-order valence-electron chi connectivity index (χ2n) is 4.72. The van der Waals surface area contributed by atoms with Crippen molar-refractivity contribution < 1.29 is 0 Å². The lowest BCUT2D eigenvalue weighted by molar-refractivity contribution is 0.327. The van der Waals surface area contributed by atoms with E-state index in [9.17, 15) is 0 Å². The van der Waals surface area contributed by atoms with E-state index in [0.717, 1.165) is 21.8 Å². The Morgan fingerprint density at radius 3 is 2.94 bits per heavy atom. The number of hydrogen-bond acceptors (Lipinski definition) is 3. The summed E-state index contributed by atoms with van der Waals surface area (Å²) >= 11 is 5.25. The Labute approximate surface area is 116 Å². The van der Waals surface area contributed by atoms with Gasteiger partial charge in [-0.25, -0.2) is 4.98 Å². The van der Waals surface area contributed by atoms with Crippen LogP contribution in [0.4, 0.5) is 0 Å². The Kier molecular flexibility index (Phi) is 4.88. The number of pyridine rings is 1. The van der Waals surface area contributed by atoms with Gasteiger partial charge in [-0.2, -0.15) is 0 Å². The number of rotatable bonds is 3. The molecular weight excluding hydrogens is 296 g/mol. The van der Waals surface area contributed by atoms with E-state index in [0.29, 0.717) is 11.3 Å². The van der Waals surface area contributed by atoms with Gasteiger partial charge in [0.1, 0.15) is 0 Å². The van der Waals surface area contributed by atoms with E-state index >= 15 is 0 Å². The summed E-state index contributed by atoms with van der Waals surface area (Å²) < 4.78 is 1.03. The predicted molar refractivity (Wildman–Crippen MR) is 77.2 cm³/mol. The lowest BCUT2D eigenvalue weighted by Gasteiger charge is -2.33. The van der Waals surface area contributed by atoms with Gasteiger partial charge >= 0.3 is 0 Å². The van der Waals surface area contributed by atoms with Crippen molar-refractivity contribution in [1.29, 1.82) is 0 Å². The van der Waals surface area contributed by atoms with Crippen molar-refractivity contribution in [3.63, 3.8) is 0 Å². The molecule has 0 aliphatic heterocycles. The van der Waals surface area contributed by atoms with Crippen molar-refractivity contribution in [2.75, 3.05) is 0 Å². The Morgan fingerprint density at radius 2 is 2.29 bits per heavy atom. The molecule has 0 bridgehead atoms. The molecule has 4 heteroatoms. The minimum atomic E-state index is 0.327. The van der Waals surface area contributed by atoms with Crippen LogP contribution in [-0.4, -0.2) is 16.3 Å². The second-order valence-corrected chi connectivity index (χ2v) is 6.90. The number of hydrogen-bond donors (Lipinski definition) is 1. The van der Waals surface area contributed by atoms with E-state index in [1.165, 1.54) is 19.3 Å². The monoisotopic (exact) mass is 314 g/mol. The van der Waals surface area contributed by atoms with Gasteiger partial charge in [-0.15, -0.1) is 11.8 Å². The minimum Gasteiger partial charge on any atom is -0.327 e. The van der Waals surface area contributed by atoms with E-state index < -0.39 is 0 Å². The fourth-order valence-corrected chi connectivity index (χ4v) is 3.81. The summed E-state index contributed by atoms with van der Waals surface area (Å²) in [6.07, 6.45) is 6.82. The molecule has 2 nitrogen and oxygen atoms in total. The van der Waals surface area contributed by atoms with Crippen molar-refractivity contribution in [3.8, 4) is 0 Å². The van der Waals surface area contributed by atoms with E-state index in [-0.39, 0.29) is 0 Å². The molecule has 17 heavy (non-hydrogen) atoms. The van der Waals surface area contributed by atoms with Crippen LogP contribution in [0.15, 0.2) is 27.8 Å². The summed E-state index contributed by atoms with van der Waals surface area (Å²) in [5.74, 6) is 0.850. The zero-order valence-corrected chi connectivity index (χ0v) is 12.5. The van der Waals surface area contributed by atoms with Crippen molar-refractivity contribution in [3.05, 3.63) is 22.8 Å². The van der Waals surface area contributed by atoms with Gasteiger partial charge in [-0.1, -0.05) is 13.3 Å². The van der Waals surface area contributed by atoms with Gasteiger partial charge in [0, 0.05) is 22.0 Å². The van der Waals surface area contributed by atoms with Crippen molar-refractivity contribution in [2.45, 2.75) is 48.9 Å². The van der Waals surface area contributed by atoms with Crippen LogP contribution in [0.3, 0.4) is 0 Å². The molecule has 0 amide bonds. The van der Waals surface area contributed by atoms with Crippen LogP contribution in [0, 0.1) is 5.92 Å². The second kappa shape index (κ2) is 6.21. The van der Waals surface area contributed by atoms with Gasteiger partial charge in [0.05, 0.1) is 5.03 Å². The zero-order chi connectivity index (χ0) is 12.3. The summed E-state index contributed by atoms with van der Waals surface area (Å²) in [6.45, 7) is 2.28. The van der Waals surface area contributed by atoms with Gasteiger partial charge in [0.2, 0.25) is 0 Å². The Balaban J connectivity index is 1.98. The maximum absolute atomic E-state index is 6.22. The molecule has 0 saturated heterocycles. The number of thioether (sulfide) groups is 1. The van der Waals surface area contributed by atoms with Gasteiger partial charge < -0.3 is 5.73 Å². The maximum atomic E-state index is 6.22. The van der Waals surface area contributed by atoms with Crippen LogP contribution in [0.5, 0.6) is 0 Å². The third-order valence-corrected chi connectivity index (χ3v) is 5.30. The molecule has 3 unspecified atom stereocenters. The van der Waals surface area contributed by atoms with Crippen LogP contribution in [0.1, 0.15) is 32.6 Å². The smallest absolute Gasteiger partial charge is 0.0963 e. The number of nitrogens with zero attached hydrogens (tertiary/aromatic N) is 1. The Hall–Kier alpha value is -0.0600. The summed E-state index contributed by atoms with van der Waals surface area (Å²) in [5.41, 5.74) is 6.22. The average Bonchev–Trinajstić information content (AvgIpc) is 2.35. The molecule has 0 spiro atoms. The summed E-state index contributed by atoms with van der Waals surface area (Å²) in [5, 5.41) is 1.62. The van der Waals surface area contributed by atoms with E-state index in [2.05, 4.69) is 33.9 Å². The molecular formula is C13H19BrN2S. The fraction of sp³-hybridized carbons (Fsp3) is 0.615. The van der Waals surface area contributed by atoms with Crippen LogP contribution in [0.2, 0.25) is 0 Å². The first-order chi connectivity index (χ1) is 8.19. The number of halogens is 1. The summed E-state index contributed by atoms with van der Waals surface area (Å²) in [7, 11) is 0. The van der Waals surface area contributed by atoms with Crippen LogP contribution >= 0.6 is 27.7 Å². The molecule has 2 rings (SSSR count). The van der Waals surface area contributed by atoms with Gasteiger partial charge in [-0.3, -0.25) is 0 Å². The van der Waals surface area contributed by atoms with Gasteiger partial charge in [0.15, 0.2) is 0 Å². The third-order valence-electron chi connectivity index (χ3n) is 3.50. The lowest BCUT2D eigenvalue weighted by Crippen LogP contribution is -2.38. The highest BCUT2D eigenvalue weighted by atomic mass is 79.9. The molecule has 0 radical (unpaired) electrons. The number of aromatic nitrogens is 1. The topological polar surface area (TPSA) is 38.9 Å². The predicted octanol–water partition coefficient (Wildman–Crippen LogP) is 3.84. The highest BCUT2D eigenvalue weighted by molar-refractivity contribution is 9.10. The summed E-state index contributed by atoms with van der Waals surface area (Å²) in [6, 6.07) is 4.44. The van der Waals surface area contributed by atoms with Gasteiger partial charge in [-0.05, 0) is 53.2 Å². The minimum absolute atomic E-state index is 0.327. The SMILES string of the molecule is CCC1CCC(N)C(Sc2ccc(Br)cn2)C1.